The van der Waals surface area contributed by atoms with Gasteiger partial charge in [-0.25, -0.2) is 4.39 Å². The third kappa shape index (κ3) is 5.26. The molecule has 1 aromatic rings. The molecule has 24 heavy (non-hydrogen) atoms. The fourth-order valence-electron chi connectivity index (χ4n) is 2.93. The van der Waals surface area contributed by atoms with Gasteiger partial charge in [-0.15, -0.1) is 0 Å². The molecule has 1 aromatic carbocycles. The molecule has 2 rings (SSSR count). The SMILES string of the molecule is CC(c1ccc(F)cc1)N(C)C(=O)CN1CCOC(CN(C)C)C1. The number of carbonyl (C=O) groups excluding carboxylic acids is 1. The van der Waals surface area contributed by atoms with Gasteiger partial charge in [-0.1, -0.05) is 12.1 Å². The molecule has 0 spiro atoms. The van der Waals surface area contributed by atoms with Crippen LogP contribution in [0.25, 0.3) is 0 Å². The van der Waals surface area contributed by atoms with E-state index in [4.69, 9.17) is 4.74 Å². The smallest absolute Gasteiger partial charge is 0.236 e. The Hall–Kier alpha value is -1.50. The fourth-order valence-corrected chi connectivity index (χ4v) is 2.93. The molecule has 1 fully saturated rings. The van der Waals surface area contributed by atoms with Crippen molar-refractivity contribution in [1.29, 1.82) is 0 Å². The second-order valence-electron chi connectivity index (χ2n) is 6.72. The van der Waals surface area contributed by atoms with Crippen molar-refractivity contribution in [2.24, 2.45) is 0 Å². The van der Waals surface area contributed by atoms with Crippen LogP contribution in [0.4, 0.5) is 4.39 Å². The molecule has 0 aromatic heterocycles. The van der Waals surface area contributed by atoms with Crippen molar-refractivity contribution in [1.82, 2.24) is 14.7 Å². The molecule has 6 heteroatoms. The molecular weight excluding hydrogens is 309 g/mol. The van der Waals surface area contributed by atoms with Crippen molar-refractivity contribution in [2.45, 2.75) is 19.1 Å². The first-order valence-electron chi connectivity index (χ1n) is 8.36. The summed E-state index contributed by atoms with van der Waals surface area (Å²) < 4.78 is 18.8. The van der Waals surface area contributed by atoms with Crippen molar-refractivity contribution in [3.05, 3.63) is 35.6 Å². The van der Waals surface area contributed by atoms with Gasteiger partial charge in [0.05, 0.1) is 25.3 Å². The standard InChI is InChI=1S/C18H28FN3O2/c1-14(15-5-7-16(19)8-6-15)21(4)18(23)13-22-9-10-24-17(12-22)11-20(2)3/h5-8,14,17H,9-13H2,1-4H3. The maximum absolute atomic E-state index is 13.0. The predicted octanol–water partition coefficient (Wildman–Crippen LogP) is 1.61. The average molecular weight is 337 g/mol. The molecular formula is C18H28FN3O2. The minimum Gasteiger partial charge on any atom is -0.374 e. The number of amides is 1. The van der Waals surface area contributed by atoms with Gasteiger partial charge in [0.25, 0.3) is 0 Å². The Balaban J connectivity index is 1.89. The van der Waals surface area contributed by atoms with Gasteiger partial charge in [0, 0.05) is 26.7 Å². The highest BCUT2D eigenvalue weighted by atomic mass is 19.1. The Labute approximate surface area is 144 Å². The topological polar surface area (TPSA) is 36.0 Å². The van der Waals surface area contributed by atoms with Crippen molar-refractivity contribution in [3.8, 4) is 0 Å². The molecule has 0 saturated carbocycles. The lowest BCUT2D eigenvalue weighted by Gasteiger charge is -2.35. The molecule has 0 bridgehead atoms. The number of rotatable bonds is 6. The van der Waals surface area contributed by atoms with Crippen LogP contribution in [-0.2, 0) is 9.53 Å². The van der Waals surface area contributed by atoms with Crippen molar-refractivity contribution >= 4 is 5.91 Å². The molecule has 2 unspecified atom stereocenters. The van der Waals surface area contributed by atoms with E-state index in [0.29, 0.717) is 13.2 Å². The number of halogens is 1. The number of likely N-dealkylation sites (N-methyl/N-ethyl adjacent to an activating group) is 2. The zero-order valence-electron chi connectivity index (χ0n) is 15.0. The minimum atomic E-state index is -0.264. The summed E-state index contributed by atoms with van der Waals surface area (Å²) in [5, 5.41) is 0. The van der Waals surface area contributed by atoms with E-state index in [1.807, 2.05) is 21.0 Å². The second-order valence-corrected chi connectivity index (χ2v) is 6.72. The van der Waals surface area contributed by atoms with Gasteiger partial charge in [0.2, 0.25) is 5.91 Å². The van der Waals surface area contributed by atoms with Crippen LogP contribution in [0.2, 0.25) is 0 Å². The van der Waals surface area contributed by atoms with Crippen LogP contribution in [0, 0.1) is 5.82 Å². The minimum absolute atomic E-state index is 0.0670. The molecule has 1 amide bonds. The number of ether oxygens (including phenoxy) is 1. The van der Waals surface area contributed by atoms with E-state index in [0.717, 1.165) is 25.2 Å². The predicted molar refractivity (Wildman–Crippen MR) is 92.3 cm³/mol. The molecule has 2 atom stereocenters. The van der Waals surface area contributed by atoms with E-state index in [-0.39, 0.29) is 23.9 Å². The van der Waals surface area contributed by atoms with Gasteiger partial charge in [0.1, 0.15) is 5.82 Å². The monoisotopic (exact) mass is 337 g/mol. The largest absolute Gasteiger partial charge is 0.374 e. The molecule has 1 aliphatic heterocycles. The quantitative estimate of drug-likeness (QED) is 0.790. The van der Waals surface area contributed by atoms with E-state index in [1.54, 1.807) is 24.1 Å². The Morgan fingerprint density at radius 2 is 2.00 bits per heavy atom. The van der Waals surface area contributed by atoms with Gasteiger partial charge in [0.15, 0.2) is 0 Å². The van der Waals surface area contributed by atoms with E-state index in [9.17, 15) is 9.18 Å². The van der Waals surface area contributed by atoms with E-state index < -0.39 is 0 Å². The maximum Gasteiger partial charge on any atom is 0.236 e. The van der Waals surface area contributed by atoms with Crippen LogP contribution in [-0.4, -0.2) is 80.6 Å². The molecule has 1 heterocycles. The number of hydrogen-bond donors (Lipinski definition) is 0. The highest BCUT2D eigenvalue weighted by molar-refractivity contribution is 5.78. The number of carbonyl (C=O) groups is 1. The Kier molecular flexibility index (Phi) is 6.71. The highest BCUT2D eigenvalue weighted by Crippen LogP contribution is 2.19. The van der Waals surface area contributed by atoms with E-state index in [1.165, 1.54) is 12.1 Å². The number of nitrogens with zero attached hydrogens (tertiary/aromatic N) is 3. The van der Waals surface area contributed by atoms with Gasteiger partial charge in [-0.2, -0.15) is 0 Å². The summed E-state index contributed by atoms with van der Waals surface area (Å²) >= 11 is 0. The van der Waals surface area contributed by atoms with E-state index >= 15 is 0 Å². The van der Waals surface area contributed by atoms with Crippen LogP contribution in [0.1, 0.15) is 18.5 Å². The second kappa shape index (κ2) is 8.55. The lowest BCUT2D eigenvalue weighted by atomic mass is 10.1. The van der Waals surface area contributed by atoms with Crippen molar-refractivity contribution in [2.75, 3.05) is 53.9 Å². The fraction of sp³-hybridized carbons (Fsp3) is 0.611. The highest BCUT2D eigenvalue weighted by Gasteiger charge is 2.25. The first kappa shape index (κ1) is 18.8. The van der Waals surface area contributed by atoms with Crippen molar-refractivity contribution in [3.63, 3.8) is 0 Å². The third-order valence-corrected chi connectivity index (χ3v) is 4.48. The first-order valence-corrected chi connectivity index (χ1v) is 8.36. The van der Waals surface area contributed by atoms with Crippen molar-refractivity contribution < 1.29 is 13.9 Å². The number of morpholine rings is 1. The number of hydrogen-bond acceptors (Lipinski definition) is 4. The summed E-state index contributed by atoms with van der Waals surface area (Å²) in [4.78, 5) is 18.5. The maximum atomic E-state index is 13.0. The summed E-state index contributed by atoms with van der Waals surface area (Å²) in [6.45, 7) is 5.39. The Morgan fingerprint density at radius 3 is 2.62 bits per heavy atom. The summed E-state index contributed by atoms with van der Waals surface area (Å²) in [6, 6.07) is 6.23. The van der Waals surface area contributed by atoms with Gasteiger partial charge in [-0.05, 0) is 38.7 Å². The molecule has 1 aliphatic rings. The molecule has 0 N–H and O–H groups in total. The van der Waals surface area contributed by atoms with Crippen LogP contribution < -0.4 is 0 Å². The molecule has 0 aliphatic carbocycles. The normalized spacial score (nSPS) is 20.2. The Morgan fingerprint density at radius 1 is 1.33 bits per heavy atom. The molecule has 0 radical (unpaired) electrons. The van der Waals surface area contributed by atoms with Crippen LogP contribution >= 0.6 is 0 Å². The van der Waals surface area contributed by atoms with Gasteiger partial charge < -0.3 is 14.5 Å². The first-order chi connectivity index (χ1) is 11.4. The molecule has 5 nitrogen and oxygen atoms in total. The third-order valence-electron chi connectivity index (χ3n) is 4.48. The van der Waals surface area contributed by atoms with Gasteiger partial charge >= 0.3 is 0 Å². The summed E-state index contributed by atoms with van der Waals surface area (Å²) in [6.07, 6.45) is 0.140. The zero-order valence-corrected chi connectivity index (χ0v) is 15.0. The van der Waals surface area contributed by atoms with Gasteiger partial charge in [-0.3, -0.25) is 9.69 Å². The lowest BCUT2D eigenvalue weighted by molar-refractivity contribution is -0.135. The molecule has 134 valence electrons. The van der Waals surface area contributed by atoms with Crippen LogP contribution in [0.15, 0.2) is 24.3 Å². The molecule has 1 saturated heterocycles. The van der Waals surface area contributed by atoms with E-state index in [2.05, 4.69) is 9.80 Å². The summed E-state index contributed by atoms with van der Waals surface area (Å²) in [5.74, 6) is -0.197. The Bertz CT molecular complexity index is 536. The van der Waals surface area contributed by atoms with Crippen LogP contribution in [0.5, 0.6) is 0 Å². The summed E-state index contributed by atoms with van der Waals surface area (Å²) in [7, 11) is 5.84. The lowest BCUT2D eigenvalue weighted by Crippen LogP contribution is -2.49. The zero-order chi connectivity index (χ0) is 17.7. The van der Waals surface area contributed by atoms with Crippen LogP contribution in [0.3, 0.4) is 0 Å². The number of benzene rings is 1. The summed E-state index contributed by atoms with van der Waals surface area (Å²) in [5.41, 5.74) is 0.930. The average Bonchev–Trinajstić information content (AvgIpc) is 2.54.